The van der Waals surface area contributed by atoms with E-state index >= 15 is 0 Å². The van der Waals surface area contributed by atoms with Crippen LogP contribution in [-0.2, 0) is 16.0 Å². The van der Waals surface area contributed by atoms with Gasteiger partial charge in [-0.2, -0.15) is 0 Å². The number of Topliss-reactive ketones (excluding diaryl/α,β-unsaturated/α-hetero) is 1. The van der Waals surface area contributed by atoms with Gasteiger partial charge in [-0.05, 0) is 54.4 Å². The third-order valence-corrected chi connectivity index (χ3v) is 4.26. The van der Waals surface area contributed by atoms with Crippen LogP contribution in [0.25, 0.3) is 0 Å². The van der Waals surface area contributed by atoms with Gasteiger partial charge in [0.05, 0.1) is 5.92 Å². The molecule has 0 aromatic heterocycles. The molecule has 4 nitrogen and oxygen atoms in total. The molecule has 0 aliphatic carbocycles. The second-order valence-electron chi connectivity index (χ2n) is 5.50. The zero-order chi connectivity index (χ0) is 17.1. The van der Waals surface area contributed by atoms with Crippen molar-refractivity contribution in [1.82, 2.24) is 0 Å². The molecule has 0 amide bonds. The van der Waals surface area contributed by atoms with Crippen LogP contribution >= 0.6 is 23.2 Å². The lowest BCUT2D eigenvalue weighted by molar-refractivity contribution is -0.148. The Kier molecular flexibility index (Phi) is 5.07. The van der Waals surface area contributed by atoms with Gasteiger partial charge in [0.15, 0.2) is 12.4 Å². The number of rotatable bonds is 4. The number of benzene rings is 2. The molecule has 6 heteroatoms. The minimum absolute atomic E-state index is 0.225. The maximum absolute atomic E-state index is 12.2. The number of esters is 1. The van der Waals surface area contributed by atoms with E-state index in [-0.39, 0.29) is 19.0 Å². The van der Waals surface area contributed by atoms with Gasteiger partial charge in [0.2, 0.25) is 0 Å². The molecule has 124 valence electrons. The lowest BCUT2D eigenvalue weighted by atomic mass is 9.97. The SMILES string of the molecule is O=C(COC(=O)[C@@H]1COc2ccc(Cl)cc2C1)c1ccc(Cl)cc1. The fourth-order valence-corrected chi connectivity index (χ4v) is 2.81. The molecule has 1 aliphatic heterocycles. The molecule has 0 bridgehead atoms. The van der Waals surface area contributed by atoms with Gasteiger partial charge in [-0.1, -0.05) is 23.2 Å². The number of hydrogen-bond acceptors (Lipinski definition) is 4. The van der Waals surface area contributed by atoms with Gasteiger partial charge in [0.1, 0.15) is 12.4 Å². The van der Waals surface area contributed by atoms with E-state index in [9.17, 15) is 9.59 Å². The maximum Gasteiger partial charge on any atom is 0.313 e. The smallest absolute Gasteiger partial charge is 0.313 e. The Balaban J connectivity index is 1.58. The van der Waals surface area contributed by atoms with Crippen molar-refractivity contribution in [3.8, 4) is 5.75 Å². The Bertz CT molecular complexity index is 771. The lowest BCUT2D eigenvalue weighted by Crippen LogP contribution is -2.31. The third-order valence-electron chi connectivity index (χ3n) is 3.77. The highest BCUT2D eigenvalue weighted by Crippen LogP contribution is 2.30. The maximum atomic E-state index is 12.2. The number of halogens is 2. The minimum atomic E-state index is -0.456. The van der Waals surface area contributed by atoms with Crippen LogP contribution in [0.4, 0.5) is 0 Å². The number of ether oxygens (including phenoxy) is 2. The van der Waals surface area contributed by atoms with Crippen LogP contribution < -0.4 is 4.74 Å². The van der Waals surface area contributed by atoms with Crippen molar-refractivity contribution < 1.29 is 19.1 Å². The molecule has 1 aliphatic rings. The fraction of sp³-hybridized carbons (Fsp3) is 0.222. The monoisotopic (exact) mass is 364 g/mol. The highest BCUT2D eigenvalue weighted by Gasteiger charge is 2.28. The standard InChI is InChI=1S/C18H14Cl2O4/c19-14-3-1-11(2-4-14)16(21)10-24-18(22)13-7-12-8-15(20)5-6-17(12)23-9-13/h1-6,8,13H,7,9-10H2/t13-/m0/s1. The Morgan fingerprint density at radius 3 is 2.54 bits per heavy atom. The quantitative estimate of drug-likeness (QED) is 0.608. The summed E-state index contributed by atoms with van der Waals surface area (Å²) in [5.74, 6) is -0.460. The van der Waals surface area contributed by atoms with E-state index in [0.29, 0.717) is 22.0 Å². The zero-order valence-corrected chi connectivity index (χ0v) is 14.1. The van der Waals surface area contributed by atoms with Crippen molar-refractivity contribution in [1.29, 1.82) is 0 Å². The Labute approximate surface area is 149 Å². The highest BCUT2D eigenvalue weighted by molar-refractivity contribution is 6.31. The molecule has 0 fully saturated rings. The van der Waals surface area contributed by atoms with E-state index in [1.54, 1.807) is 42.5 Å². The summed E-state index contributed by atoms with van der Waals surface area (Å²) in [4.78, 5) is 24.2. The van der Waals surface area contributed by atoms with Crippen LogP contribution in [0.5, 0.6) is 5.75 Å². The number of fused-ring (bicyclic) bond motifs is 1. The van der Waals surface area contributed by atoms with Gasteiger partial charge in [0.25, 0.3) is 0 Å². The summed E-state index contributed by atoms with van der Waals surface area (Å²) in [5.41, 5.74) is 1.31. The van der Waals surface area contributed by atoms with Gasteiger partial charge < -0.3 is 9.47 Å². The average Bonchev–Trinajstić information content (AvgIpc) is 2.59. The predicted molar refractivity (Wildman–Crippen MR) is 90.9 cm³/mol. The third kappa shape index (κ3) is 3.89. The van der Waals surface area contributed by atoms with Crippen molar-refractivity contribution >= 4 is 35.0 Å². The molecule has 24 heavy (non-hydrogen) atoms. The van der Waals surface area contributed by atoms with Gasteiger partial charge in [0, 0.05) is 15.6 Å². The Morgan fingerprint density at radius 1 is 1.08 bits per heavy atom. The molecular formula is C18H14Cl2O4. The normalized spacial score (nSPS) is 16.0. The Hall–Kier alpha value is -2.04. The average molecular weight is 365 g/mol. The van der Waals surface area contributed by atoms with E-state index in [2.05, 4.69) is 0 Å². The van der Waals surface area contributed by atoms with Gasteiger partial charge in [-0.25, -0.2) is 0 Å². The summed E-state index contributed by atoms with van der Waals surface area (Å²) < 4.78 is 10.7. The summed E-state index contributed by atoms with van der Waals surface area (Å²) >= 11 is 11.7. The van der Waals surface area contributed by atoms with E-state index in [4.69, 9.17) is 32.7 Å². The Morgan fingerprint density at radius 2 is 1.79 bits per heavy atom. The van der Waals surface area contributed by atoms with E-state index in [1.165, 1.54) is 0 Å². The van der Waals surface area contributed by atoms with Crippen LogP contribution in [0.3, 0.4) is 0 Å². The molecule has 1 heterocycles. The first-order chi connectivity index (χ1) is 11.5. The number of ketones is 1. The summed E-state index contributed by atoms with van der Waals surface area (Å²) in [6.07, 6.45) is 0.476. The number of hydrogen-bond donors (Lipinski definition) is 0. The highest BCUT2D eigenvalue weighted by atomic mass is 35.5. The van der Waals surface area contributed by atoms with Crippen LogP contribution in [-0.4, -0.2) is 25.0 Å². The second kappa shape index (κ2) is 7.24. The molecule has 0 N–H and O–H groups in total. The molecule has 0 radical (unpaired) electrons. The summed E-state index contributed by atoms with van der Waals surface area (Å²) in [6, 6.07) is 11.7. The van der Waals surface area contributed by atoms with E-state index in [0.717, 1.165) is 11.3 Å². The van der Waals surface area contributed by atoms with Crippen LogP contribution in [0.15, 0.2) is 42.5 Å². The molecular weight excluding hydrogens is 351 g/mol. The van der Waals surface area contributed by atoms with Gasteiger partial charge >= 0.3 is 5.97 Å². The first-order valence-corrected chi connectivity index (χ1v) is 8.15. The van der Waals surface area contributed by atoms with Crippen molar-refractivity contribution in [3.63, 3.8) is 0 Å². The second-order valence-corrected chi connectivity index (χ2v) is 6.37. The van der Waals surface area contributed by atoms with Crippen molar-refractivity contribution in [2.75, 3.05) is 13.2 Å². The summed E-state index contributed by atoms with van der Waals surface area (Å²) in [7, 11) is 0. The molecule has 0 unspecified atom stereocenters. The molecule has 1 atom stereocenters. The number of carbonyl (C=O) groups excluding carboxylic acids is 2. The van der Waals surface area contributed by atoms with Crippen LogP contribution in [0, 0.1) is 5.92 Å². The topological polar surface area (TPSA) is 52.6 Å². The first-order valence-electron chi connectivity index (χ1n) is 7.39. The predicted octanol–water partition coefficient (Wildman–Crippen LogP) is 3.97. The number of carbonyl (C=O) groups is 2. The van der Waals surface area contributed by atoms with E-state index in [1.807, 2.05) is 0 Å². The molecule has 0 spiro atoms. The van der Waals surface area contributed by atoms with Gasteiger partial charge in [-0.15, -0.1) is 0 Å². The van der Waals surface area contributed by atoms with Crippen molar-refractivity contribution in [2.45, 2.75) is 6.42 Å². The minimum Gasteiger partial charge on any atom is -0.492 e. The first kappa shape index (κ1) is 16.8. The van der Waals surface area contributed by atoms with Gasteiger partial charge in [-0.3, -0.25) is 9.59 Å². The molecule has 2 aromatic rings. The molecule has 3 rings (SSSR count). The van der Waals surface area contributed by atoms with Crippen LogP contribution in [0.2, 0.25) is 10.0 Å². The largest absolute Gasteiger partial charge is 0.492 e. The molecule has 0 saturated heterocycles. The summed E-state index contributed by atoms with van der Waals surface area (Å²) in [5, 5.41) is 1.13. The lowest BCUT2D eigenvalue weighted by Gasteiger charge is -2.24. The van der Waals surface area contributed by atoms with Crippen molar-refractivity contribution in [2.24, 2.45) is 5.92 Å². The van der Waals surface area contributed by atoms with Crippen LogP contribution in [0.1, 0.15) is 15.9 Å². The van der Waals surface area contributed by atoms with E-state index < -0.39 is 11.9 Å². The molecule has 2 aromatic carbocycles. The fourth-order valence-electron chi connectivity index (χ4n) is 2.49. The summed E-state index contributed by atoms with van der Waals surface area (Å²) in [6.45, 7) is -0.0814. The zero-order valence-electron chi connectivity index (χ0n) is 12.6. The van der Waals surface area contributed by atoms with Crippen molar-refractivity contribution in [3.05, 3.63) is 63.6 Å². The molecule has 0 saturated carbocycles.